The zero-order valence-corrected chi connectivity index (χ0v) is 18.1. The second kappa shape index (κ2) is 9.15. The van der Waals surface area contributed by atoms with Gasteiger partial charge in [0.15, 0.2) is 11.5 Å². The van der Waals surface area contributed by atoms with Crippen molar-refractivity contribution in [3.63, 3.8) is 0 Å². The Balaban J connectivity index is 1.42. The molecule has 0 radical (unpaired) electrons. The van der Waals surface area contributed by atoms with E-state index < -0.39 is 10.0 Å². The van der Waals surface area contributed by atoms with Crippen LogP contribution in [0.15, 0.2) is 47.4 Å². The average molecular weight is 447 g/mol. The van der Waals surface area contributed by atoms with Crippen molar-refractivity contribution in [3.8, 4) is 11.5 Å². The van der Waals surface area contributed by atoms with E-state index in [0.29, 0.717) is 36.0 Å². The lowest BCUT2D eigenvalue weighted by atomic mass is 10.1. The van der Waals surface area contributed by atoms with Gasteiger partial charge in [-0.15, -0.1) is 0 Å². The van der Waals surface area contributed by atoms with Crippen molar-refractivity contribution in [1.29, 1.82) is 0 Å². The Morgan fingerprint density at radius 2 is 1.74 bits per heavy atom. The number of carbonyl (C=O) groups excluding carboxylic acids is 1. The molecule has 1 saturated heterocycles. The molecular weight excluding hydrogens is 420 g/mol. The van der Waals surface area contributed by atoms with Crippen LogP contribution in [-0.2, 0) is 14.8 Å². The van der Waals surface area contributed by atoms with Crippen LogP contribution in [0.5, 0.6) is 11.5 Å². The van der Waals surface area contributed by atoms with Gasteiger partial charge >= 0.3 is 0 Å². The topological polar surface area (TPSA) is 103 Å². The van der Waals surface area contributed by atoms with Crippen LogP contribution in [0.3, 0.4) is 0 Å². The standard InChI is InChI=1S/C22H26N2O6S/c1-15(19-4-2-11-28-19)23-22(25)16-5-7-17(8-6-16)24-31(26,27)18-9-10-20-21(14-18)30-13-3-12-29-20/h5-10,14-15,19,24H,2-4,11-13H2,1H3,(H,23,25)/t15-,19+/m1/s1. The average Bonchev–Trinajstić information content (AvgIpc) is 3.19. The fourth-order valence-corrected chi connectivity index (χ4v) is 4.67. The number of benzene rings is 2. The first-order chi connectivity index (χ1) is 14.9. The number of ether oxygens (including phenoxy) is 3. The molecule has 2 N–H and O–H groups in total. The van der Waals surface area contributed by atoms with E-state index in [-0.39, 0.29) is 22.9 Å². The summed E-state index contributed by atoms with van der Waals surface area (Å²) in [7, 11) is -3.82. The first-order valence-corrected chi connectivity index (χ1v) is 11.9. The molecule has 0 spiro atoms. The van der Waals surface area contributed by atoms with Crippen LogP contribution in [0, 0.1) is 0 Å². The minimum absolute atomic E-state index is 0.0327. The van der Waals surface area contributed by atoms with Crippen molar-refractivity contribution >= 4 is 21.6 Å². The van der Waals surface area contributed by atoms with Crippen LogP contribution in [0.2, 0.25) is 0 Å². The highest BCUT2D eigenvalue weighted by atomic mass is 32.2. The molecule has 166 valence electrons. The van der Waals surface area contributed by atoms with Crippen LogP contribution in [0.1, 0.15) is 36.5 Å². The van der Waals surface area contributed by atoms with E-state index >= 15 is 0 Å². The smallest absolute Gasteiger partial charge is 0.262 e. The summed E-state index contributed by atoms with van der Waals surface area (Å²) in [5.74, 6) is 0.720. The normalized spacial score (nSPS) is 19.3. The molecule has 1 fully saturated rings. The SMILES string of the molecule is C[C@@H](NC(=O)c1ccc(NS(=O)(=O)c2ccc3c(c2)OCCCO3)cc1)[C@@H]1CCCO1. The number of hydrogen-bond acceptors (Lipinski definition) is 6. The quantitative estimate of drug-likeness (QED) is 0.707. The zero-order valence-electron chi connectivity index (χ0n) is 17.3. The third-order valence-electron chi connectivity index (χ3n) is 5.31. The van der Waals surface area contributed by atoms with E-state index in [0.717, 1.165) is 25.9 Å². The largest absolute Gasteiger partial charge is 0.490 e. The van der Waals surface area contributed by atoms with Gasteiger partial charge in [-0.25, -0.2) is 8.42 Å². The molecule has 9 heteroatoms. The highest BCUT2D eigenvalue weighted by Crippen LogP contribution is 2.32. The second-order valence-electron chi connectivity index (χ2n) is 7.66. The summed E-state index contributed by atoms with van der Waals surface area (Å²) in [6.45, 7) is 3.65. The summed E-state index contributed by atoms with van der Waals surface area (Å²) in [6, 6.07) is 10.7. The highest BCUT2D eigenvalue weighted by Gasteiger charge is 2.24. The summed E-state index contributed by atoms with van der Waals surface area (Å²) in [6.07, 6.45) is 2.71. The van der Waals surface area contributed by atoms with Gasteiger partial charge in [-0.3, -0.25) is 9.52 Å². The minimum Gasteiger partial charge on any atom is -0.490 e. The molecular formula is C22H26N2O6S. The van der Waals surface area contributed by atoms with E-state index in [1.807, 2.05) is 6.92 Å². The van der Waals surface area contributed by atoms with Crippen LogP contribution in [0.25, 0.3) is 0 Å². The number of hydrogen-bond donors (Lipinski definition) is 2. The summed E-state index contributed by atoms with van der Waals surface area (Å²) >= 11 is 0. The zero-order chi connectivity index (χ0) is 21.8. The van der Waals surface area contributed by atoms with E-state index in [2.05, 4.69) is 10.0 Å². The summed E-state index contributed by atoms with van der Waals surface area (Å²) in [5.41, 5.74) is 0.805. The highest BCUT2D eigenvalue weighted by molar-refractivity contribution is 7.92. The number of carbonyl (C=O) groups is 1. The predicted octanol–water partition coefficient (Wildman–Crippen LogP) is 2.95. The van der Waals surface area contributed by atoms with E-state index in [1.54, 1.807) is 30.3 Å². The lowest BCUT2D eigenvalue weighted by Gasteiger charge is -2.20. The molecule has 4 rings (SSSR count). The van der Waals surface area contributed by atoms with Gasteiger partial charge in [0.25, 0.3) is 15.9 Å². The fraction of sp³-hybridized carbons (Fsp3) is 0.409. The summed E-state index contributed by atoms with van der Waals surface area (Å²) in [5, 5.41) is 2.94. The molecule has 2 atom stereocenters. The van der Waals surface area contributed by atoms with E-state index in [9.17, 15) is 13.2 Å². The third kappa shape index (κ3) is 5.11. The molecule has 0 aromatic heterocycles. The van der Waals surface area contributed by atoms with Gasteiger partial charge in [0.05, 0.1) is 30.3 Å². The van der Waals surface area contributed by atoms with Crippen LogP contribution >= 0.6 is 0 Å². The van der Waals surface area contributed by atoms with Gasteiger partial charge in [-0.2, -0.15) is 0 Å². The van der Waals surface area contributed by atoms with Gasteiger partial charge in [0.2, 0.25) is 0 Å². The first-order valence-electron chi connectivity index (χ1n) is 10.4. The Morgan fingerprint density at radius 3 is 2.45 bits per heavy atom. The third-order valence-corrected chi connectivity index (χ3v) is 6.69. The molecule has 8 nitrogen and oxygen atoms in total. The van der Waals surface area contributed by atoms with Crippen LogP contribution in [-0.4, -0.2) is 46.3 Å². The van der Waals surface area contributed by atoms with Crippen molar-refractivity contribution in [3.05, 3.63) is 48.0 Å². The maximum absolute atomic E-state index is 12.8. The number of anilines is 1. The second-order valence-corrected chi connectivity index (χ2v) is 9.34. The minimum atomic E-state index is -3.82. The van der Waals surface area contributed by atoms with Gasteiger partial charge in [-0.05, 0) is 56.2 Å². The lowest BCUT2D eigenvalue weighted by molar-refractivity contribution is 0.0712. The number of fused-ring (bicyclic) bond motifs is 1. The van der Waals surface area contributed by atoms with Crippen molar-refractivity contribution in [2.75, 3.05) is 24.5 Å². The molecule has 0 bridgehead atoms. The van der Waals surface area contributed by atoms with Crippen molar-refractivity contribution in [1.82, 2.24) is 5.32 Å². The molecule has 0 unspecified atom stereocenters. The number of sulfonamides is 1. The van der Waals surface area contributed by atoms with Gasteiger partial charge in [-0.1, -0.05) is 0 Å². The maximum Gasteiger partial charge on any atom is 0.262 e. The fourth-order valence-electron chi connectivity index (χ4n) is 3.59. The molecule has 2 heterocycles. The molecule has 0 saturated carbocycles. The number of rotatable bonds is 6. The van der Waals surface area contributed by atoms with Crippen molar-refractivity contribution < 1.29 is 27.4 Å². The van der Waals surface area contributed by atoms with E-state index in [1.165, 1.54) is 12.1 Å². The van der Waals surface area contributed by atoms with Gasteiger partial charge in [0, 0.05) is 30.3 Å². The molecule has 2 aromatic rings. The molecule has 2 aliphatic rings. The Morgan fingerprint density at radius 1 is 1.00 bits per heavy atom. The Labute approximate surface area is 181 Å². The van der Waals surface area contributed by atoms with E-state index in [4.69, 9.17) is 14.2 Å². The van der Waals surface area contributed by atoms with Gasteiger partial charge in [0.1, 0.15) is 0 Å². The van der Waals surface area contributed by atoms with Crippen LogP contribution in [0.4, 0.5) is 5.69 Å². The maximum atomic E-state index is 12.8. The molecule has 1 amide bonds. The van der Waals surface area contributed by atoms with Crippen LogP contribution < -0.4 is 19.5 Å². The molecule has 2 aromatic carbocycles. The Kier molecular flexibility index (Phi) is 6.33. The lowest BCUT2D eigenvalue weighted by Crippen LogP contribution is -2.40. The van der Waals surface area contributed by atoms with Crippen molar-refractivity contribution in [2.45, 2.75) is 43.2 Å². The van der Waals surface area contributed by atoms with Crippen molar-refractivity contribution in [2.24, 2.45) is 0 Å². The molecule has 0 aliphatic carbocycles. The number of nitrogens with one attached hydrogen (secondary N) is 2. The Bertz CT molecular complexity index is 1030. The summed E-state index contributed by atoms with van der Waals surface area (Å²) < 4.78 is 44.8. The molecule has 31 heavy (non-hydrogen) atoms. The number of amides is 1. The molecule has 2 aliphatic heterocycles. The monoisotopic (exact) mass is 446 g/mol. The first kappa shape index (κ1) is 21.5. The summed E-state index contributed by atoms with van der Waals surface area (Å²) in [4.78, 5) is 12.5. The van der Waals surface area contributed by atoms with Gasteiger partial charge < -0.3 is 19.5 Å². The predicted molar refractivity (Wildman–Crippen MR) is 115 cm³/mol. The Hall–Kier alpha value is -2.78.